The van der Waals surface area contributed by atoms with Gasteiger partial charge in [-0.05, 0) is 30.3 Å². The van der Waals surface area contributed by atoms with Crippen LogP contribution in [-0.4, -0.2) is 15.0 Å². The number of hydrogen-bond acceptors (Lipinski definition) is 4. The van der Waals surface area contributed by atoms with Gasteiger partial charge in [-0.25, -0.2) is 9.97 Å². The van der Waals surface area contributed by atoms with Gasteiger partial charge in [-0.1, -0.05) is 48.5 Å². The fraction of sp³-hybridized carbons (Fsp3) is 0. The molecule has 3 aromatic heterocycles. The molecule has 3 aromatic carbocycles. The molecule has 136 valence electrons. The third kappa shape index (κ3) is 2.61. The van der Waals surface area contributed by atoms with Crippen LogP contribution in [0.3, 0.4) is 0 Å². The van der Waals surface area contributed by atoms with E-state index in [4.69, 9.17) is 0 Å². The van der Waals surface area contributed by atoms with Crippen molar-refractivity contribution in [1.82, 2.24) is 15.0 Å². The summed E-state index contributed by atoms with van der Waals surface area (Å²) in [6.45, 7) is 0. The van der Waals surface area contributed by atoms with Gasteiger partial charge in [-0.2, -0.15) is 0 Å². The summed E-state index contributed by atoms with van der Waals surface area (Å²) in [5.41, 5.74) is 5.06. The molecule has 0 saturated heterocycles. The van der Waals surface area contributed by atoms with Crippen LogP contribution in [0.25, 0.3) is 53.6 Å². The molecule has 0 aliphatic rings. The fourth-order valence-corrected chi connectivity index (χ4v) is 5.12. The molecule has 0 amide bonds. The zero-order valence-corrected chi connectivity index (χ0v) is 16.2. The van der Waals surface area contributed by atoms with E-state index in [0.29, 0.717) is 0 Å². The van der Waals surface area contributed by atoms with Crippen molar-refractivity contribution in [2.24, 2.45) is 0 Å². The Morgan fingerprint density at radius 3 is 2.48 bits per heavy atom. The zero-order valence-electron chi connectivity index (χ0n) is 15.4. The molecule has 0 saturated carbocycles. The fourth-order valence-electron chi connectivity index (χ4n) is 3.90. The maximum Gasteiger partial charge on any atom is 0.116 e. The van der Waals surface area contributed by atoms with Crippen LogP contribution in [0.15, 0.2) is 91.4 Å². The van der Waals surface area contributed by atoms with E-state index in [9.17, 15) is 0 Å². The Kier molecular flexibility index (Phi) is 3.64. The Balaban J connectivity index is 1.60. The van der Waals surface area contributed by atoms with Gasteiger partial charge in [0.15, 0.2) is 0 Å². The van der Waals surface area contributed by atoms with Crippen molar-refractivity contribution in [2.75, 3.05) is 0 Å². The molecule has 0 N–H and O–H groups in total. The van der Waals surface area contributed by atoms with Crippen molar-refractivity contribution in [3.8, 4) is 22.5 Å². The van der Waals surface area contributed by atoms with Gasteiger partial charge in [-0.15, -0.1) is 11.3 Å². The molecule has 3 heterocycles. The Morgan fingerprint density at radius 1 is 0.655 bits per heavy atom. The summed E-state index contributed by atoms with van der Waals surface area (Å²) < 4.78 is 2.56. The third-order valence-corrected chi connectivity index (χ3v) is 6.48. The first-order chi connectivity index (χ1) is 14.4. The summed E-state index contributed by atoms with van der Waals surface area (Å²) in [6.07, 6.45) is 3.47. The average Bonchev–Trinajstić information content (AvgIpc) is 3.18. The molecule has 0 unspecified atom stereocenters. The van der Waals surface area contributed by atoms with Gasteiger partial charge in [0.2, 0.25) is 0 Å². The smallest absolute Gasteiger partial charge is 0.116 e. The van der Waals surface area contributed by atoms with Gasteiger partial charge < -0.3 is 0 Å². The monoisotopic (exact) mass is 389 g/mol. The molecule has 6 rings (SSSR count). The molecular weight excluding hydrogens is 374 g/mol. The molecule has 0 aliphatic carbocycles. The van der Waals surface area contributed by atoms with Gasteiger partial charge in [-0.3, -0.25) is 4.98 Å². The van der Waals surface area contributed by atoms with E-state index >= 15 is 0 Å². The summed E-state index contributed by atoms with van der Waals surface area (Å²) in [5, 5.41) is 3.63. The number of nitrogens with zero attached hydrogens (tertiary/aromatic N) is 3. The summed E-state index contributed by atoms with van der Waals surface area (Å²) in [5.74, 6) is 0. The van der Waals surface area contributed by atoms with Crippen molar-refractivity contribution in [1.29, 1.82) is 0 Å². The zero-order chi connectivity index (χ0) is 19.2. The Morgan fingerprint density at radius 2 is 1.55 bits per heavy atom. The molecule has 0 aliphatic heterocycles. The second-order valence-electron chi connectivity index (χ2n) is 6.95. The van der Waals surface area contributed by atoms with Gasteiger partial charge in [0.25, 0.3) is 0 Å². The SMILES string of the molecule is c1ccc(-c2ccc3c(-c4cccc5c4sc4ccccc45)ncnc3c2)nc1. The molecule has 0 atom stereocenters. The van der Waals surface area contributed by atoms with E-state index in [1.807, 2.05) is 35.7 Å². The van der Waals surface area contributed by atoms with Crippen LogP contribution in [0.5, 0.6) is 0 Å². The first-order valence-corrected chi connectivity index (χ1v) is 10.3. The lowest BCUT2D eigenvalue weighted by Crippen LogP contribution is -1.90. The van der Waals surface area contributed by atoms with Crippen LogP contribution in [-0.2, 0) is 0 Å². The van der Waals surface area contributed by atoms with E-state index in [1.165, 1.54) is 20.2 Å². The third-order valence-electron chi connectivity index (χ3n) is 5.26. The molecule has 0 spiro atoms. The highest BCUT2D eigenvalue weighted by molar-refractivity contribution is 7.26. The highest BCUT2D eigenvalue weighted by Crippen LogP contribution is 2.40. The van der Waals surface area contributed by atoms with Gasteiger partial charge in [0, 0.05) is 42.9 Å². The van der Waals surface area contributed by atoms with E-state index < -0.39 is 0 Å². The molecule has 4 heteroatoms. The average molecular weight is 389 g/mol. The minimum Gasteiger partial charge on any atom is -0.256 e. The summed E-state index contributed by atoms with van der Waals surface area (Å²) in [4.78, 5) is 13.7. The molecule has 6 aromatic rings. The maximum absolute atomic E-state index is 4.68. The highest BCUT2D eigenvalue weighted by atomic mass is 32.1. The number of fused-ring (bicyclic) bond motifs is 4. The first kappa shape index (κ1) is 16.3. The molecule has 3 nitrogen and oxygen atoms in total. The number of thiophene rings is 1. The normalized spacial score (nSPS) is 11.4. The Hall–Kier alpha value is -3.63. The van der Waals surface area contributed by atoms with Crippen LogP contribution < -0.4 is 0 Å². The lowest BCUT2D eigenvalue weighted by Gasteiger charge is -2.08. The number of aromatic nitrogens is 3. The van der Waals surface area contributed by atoms with Crippen molar-refractivity contribution in [3.05, 3.63) is 91.4 Å². The minimum absolute atomic E-state index is 0.927. The van der Waals surface area contributed by atoms with E-state index in [1.54, 1.807) is 6.33 Å². The summed E-state index contributed by atoms with van der Waals surface area (Å²) >= 11 is 1.82. The van der Waals surface area contributed by atoms with Gasteiger partial charge in [0.1, 0.15) is 6.33 Å². The molecule has 29 heavy (non-hydrogen) atoms. The lowest BCUT2D eigenvalue weighted by molar-refractivity contribution is 1.23. The van der Waals surface area contributed by atoms with Crippen LogP contribution in [0, 0.1) is 0 Å². The number of benzene rings is 3. The predicted octanol–water partition coefficient (Wildman–Crippen LogP) is 6.73. The molecule has 0 fully saturated rings. The second-order valence-corrected chi connectivity index (χ2v) is 8.00. The topological polar surface area (TPSA) is 38.7 Å². The van der Waals surface area contributed by atoms with Crippen LogP contribution in [0.2, 0.25) is 0 Å². The Labute approximate surface area is 171 Å². The van der Waals surface area contributed by atoms with E-state index in [0.717, 1.165) is 33.4 Å². The van der Waals surface area contributed by atoms with Crippen molar-refractivity contribution >= 4 is 42.4 Å². The standard InChI is InChI=1S/C25H15N3S/c1-2-10-23-17(6-1)18-7-5-8-20(25(18)29-23)24-19-12-11-16(14-22(19)27-15-28-24)21-9-3-4-13-26-21/h1-15H. The van der Waals surface area contributed by atoms with Gasteiger partial charge in [0.05, 0.1) is 16.9 Å². The van der Waals surface area contributed by atoms with Crippen molar-refractivity contribution < 1.29 is 0 Å². The molecule has 0 bridgehead atoms. The van der Waals surface area contributed by atoms with Crippen LogP contribution in [0.1, 0.15) is 0 Å². The Bertz CT molecular complexity index is 1500. The lowest BCUT2D eigenvalue weighted by atomic mass is 10.0. The first-order valence-electron chi connectivity index (χ1n) is 9.45. The summed E-state index contributed by atoms with van der Waals surface area (Å²) in [7, 11) is 0. The highest BCUT2D eigenvalue weighted by Gasteiger charge is 2.14. The quantitative estimate of drug-likeness (QED) is 0.330. The predicted molar refractivity (Wildman–Crippen MR) is 121 cm³/mol. The van der Waals surface area contributed by atoms with E-state index in [-0.39, 0.29) is 0 Å². The van der Waals surface area contributed by atoms with Crippen LogP contribution >= 0.6 is 11.3 Å². The summed E-state index contributed by atoms with van der Waals surface area (Å²) in [6, 6.07) is 27.3. The van der Waals surface area contributed by atoms with Crippen LogP contribution in [0.4, 0.5) is 0 Å². The number of rotatable bonds is 2. The second kappa shape index (κ2) is 6.47. The van der Waals surface area contributed by atoms with Gasteiger partial charge >= 0.3 is 0 Å². The maximum atomic E-state index is 4.68. The van der Waals surface area contributed by atoms with Crippen molar-refractivity contribution in [3.63, 3.8) is 0 Å². The van der Waals surface area contributed by atoms with E-state index in [2.05, 4.69) is 75.6 Å². The number of pyridine rings is 1. The largest absolute Gasteiger partial charge is 0.256 e. The molecular formula is C25H15N3S. The number of hydrogen-bond donors (Lipinski definition) is 0. The minimum atomic E-state index is 0.927. The van der Waals surface area contributed by atoms with Crippen molar-refractivity contribution in [2.45, 2.75) is 0 Å². The molecule has 0 radical (unpaired) electrons.